The fraction of sp³-hybridized carbons (Fsp3) is 0.577. The molecule has 4 nitrogen and oxygen atoms in total. The summed E-state index contributed by atoms with van der Waals surface area (Å²) in [5, 5.41) is 11.7. The molecule has 30 heavy (non-hydrogen) atoms. The number of benzene rings is 2. The van der Waals surface area contributed by atoms with E-state index in [1.54, 1.807) is 0 Å². The van der Waals surface area contributed by atoms with Crippen molar-refractivity contribution in [1.82, 2.24) is 4.90 Å². The quantitative estimate of drug-likeness (QED) is 0.656. The van der Waals surface area contributed by atoms with Crippen LogP contribution in [-0.4, -0.2) is 35.2 Å². The summed E-state index contributed by atoms with van der Waals surface area (Å²) in [7, 11) is 0. The second kappa shape index (κ2) is 9.38. The fourth-order valence-electron chi connectivity index (χ4n) is 5.16. The number of carboxylic acid groups (broad SMARTS) is 1. The highest BCUT2D eigenvalue weighted by atomic mass is 16.5. The number of carbonyl (C=O) groups is 1. The summed E-state index contributed by atoms with van der Waals surface area (Å²) < 4.78 is 6.45. The van der Waals surface area contributed by atoms with Crippen LogP contribution in [0.15, 0.2) is 30.3 Å². The maximum Gasteiger partial charge on any atom is 0.306 e. The first kappa shape index (κ1) is 21.2. The molecule has 2 fully saturated rings. The summed E-state index contributed by atoms with van der Waals surface area (Å²) in [5.41, 5.74) is 2.52. The summed E-state index contributed by atoms with van der Waals surface area (Å²) in [6.07, 6.45) is 8.05. The van der Waals surface area contributed by atoms with E-state index in [1.807, 2.05) is 0 Å². The number of piperidine rings is 1. The lowest BCUT2D eigenvalue weighted by atomic mass is 9.86. The average molecular weight is 410 g/mol. The molecular formula is C26H35NO3. The molecule has 2 aromatic carbocycles. The van der Waals surface area contributed by atoms with Crippen LogP contribution in [0.4, 0.5) is 0 Å². The smallest absolute Gasteiger partial charge is 0.306 e. The minimum atomic E-state index is -0.647. The fourth-order valence-corrected chi connectivity index (χ4v) is 5.16. The molecule has 0 unspecified atom stereocenters. The Bertz CT molecular complexity index is 877. The molecule has 162 valence electrons. The molecule has 1 N–H and O–H groups in total. The van der Waals surface area contributed by atoms with Crippen molar-refractivity contribution in [2.75, 3.05) is 13.1 Å². The summed E-state index contributed by atoms with van der Waals surface area (Å²) in [6, 6.07) is 11.0. The molecule has 0 spiro atoms. The van der Waals surface area contributed by atoms with Crippen LogP contribution in [0.3, 0.4) is 0 Å². The topological polar surface area (TPSA) is 49.8 Å². The first-order chi connectivity index (χ1) is 14.5. The number of carboxylic acids is 1. The molecule has 4 rings (SSSR count). The standard InChI is InChI=1S/C26H35NO3/c1-3-19-5-9-23(10-6-19)30-25-11-8-21-7-4-20(16-24(21)18(25)2)17-27-14-12-22(13-15-27)26(28)29/h4,7-8,11,16,19,22-23H,3,5-6,9-10,12-15,17H2,1-2H3,(H,28,29)/t19-,23+. The molecule has 0 atom stereocenters. The SMILES string of the molecule is CC[C@H]1CC[C@@H](Oc2ccc3ccc(CN4CCC(C(=O)O)CC4)cc3c2C)CC1. The molecule has 1 saturated carbocycles. The molecule has 2 aromatic rings. The Hall–Kier alpha value is -2.07. The number of hydrogen-bond acceptors (Lipinski definition) is 3. The highest BCUT2D eigenvalue weighted by molar-refractivity contribution is 5.88. The molecule has 0 aromatic heterocycles. The van der Waals surface area contributed by atoms with Gasteiger partial charge in [0.2, 0.25) is 0 Å². The number of likely N-dealkylation sites (tertiary alicyclic amines) is 1. The molecule has 1 heterocycles. The van der Waals surface area contributed by atoms with Gasteiger partial charge in [-0.05, 0) is 98.5 Å². The average Bonchev–Trinajstić information content (AvgIpc) is 2.77. The number of ether oxygens (including phenoxy) is 1. The van der Waals surface area contributed by atoms with Gasteiger partial charge in [0, 0.05) is 6.54 Å². The largest absolute Gasteiger partial charge is 0.490 e. The monoisotopic (exact) mass is 409 g/mol. The van der Waals surface area contributed by atoms with Gasteiger partial charge in [-0.1, -0.05) is 31.5 Å². The number of rotatable bonds is 6. The third kappa shape index (κ3) is 4.80. The van der Waals surface area contributed by atoms with Gasteiger partial charge >= 0.3 is 5.97 Å². The van der Waals surface area contributed by atoms with E-state index in [9.17, 15) is 9.90 Å². The summed E-state index contributed by atoms with van der Waals surface area (Å²) >= 11 is 0. The van der Waals surface area contributed by atoms with E-state index in [-0.39, 0.29) is 5.92 Å². The molecule has 2 aliphatic rings. The zero-order valence-corrected chi connectivity index (χ0v) is 18.4. The van der Waals surface area contributed by atoms with Crippen LogP contribution in [0.1, 0.15) is 63.0 Å². The lowest BCUT2D eigenvalue weighted by molar-refractivity contribution is -0.143. The Morgan fingerprint density at radius 2 is 1.77 bits per heavy atom. The van der Waals surface area contributed by atoms with Crippen LogP contribution < -0.4 is 4.74 Å². The van der Waals surface area contributed by atoms with Gasteiger partial charge in [-0.15, -0.1) is 0 Å². The summed E-state index contributed by atoms with van der Waals surface area (Å²) in [6.45, 7) is 7.08. The number of nitrogens with zero attached hydrogens (tertiary/aromatic N) is 1. The lowest BCUT2D eigenvalue weighted by Crippen LogP contribution is -2.35. The van der Waals surface area contributed by atoms with Crippen molar-refractivity contribution in [1.29, 1.82) is 0 Å². The van der Waals surface area contributed by atoms with Crippen LogP contribution in [0.25, 0.3) is 10.8 Å². The van der Waals surface area contributed by atoms with Crippen LogP contribution in [0, 0.1) is 18.8 Å². The molecular weight excluding hydrogens is 374 g/mol. The zero-order chi connectivity index (χ0) is 21.1. The van der Waals surface area contributed by atoms with E-state index in [2.05, 4.69) is 49.1 Å². The van der Waals surface area contributed by atoms with Crippen molar-refractivity contribution in [2.45, 2.75) is 71.4 Å². The van der Waals surface area contributed by atoms with Crippen molar-refractivity contribution in [3.05, 3.63) is 41.5 Å². The van der Waals surface area contributed by atoms with E-state index in [1.165, 1.54) is 54.0 Å². The molecule has 1 saturated heterocycles. The maximum atomic E-state index is 11.2. The van der Waals surface area contributed by atoms with E-state index < -0.39 is 5.97 Å². The number of aliphatic carboxylic acids is 1. The minimum absolute atomic E-state index is 0.174. The van der Waals surface area contributed by atoms with Crippen molar-refractivity contribution in [2.24, 2.45) is 11.8 Å². The normalized spacial score (nSPS) is 23.5. The van der Waals surface area contributed by atoms with Gasteiger partial charge in [0.1, 0.15) is 5.75 Å². The first-order valence-corrected chi connectivity index (χ1v) is 11.7. The lowest BCUT2D eigenvalue weighted by Gasteiger charge is -2.30. The van der Waals surface area contributed by atoms with Crippen LogP contribution >= 0.6 is 0 Å². The third-order valence-electron chi connectivity index (χ3n) is 7.31. The molecule has 0 amide bonds. The van der Waals surface area contributed by atoms with Gasteiger partial charge < -0.3 is 9.84 Å². The number of aryl methyl sites for hydroxylation is 1. The Kier molecular flexibility index (Phi) is 6.62. The van der Waals surface area contributed by atoms with Crippen LogP contribution in [0.5, 0.6) is 5.75 Å². The van der Waals surface area contributed by atoms with Gasteiger partial charge in [-0.2, -0.15) is 0 Å². The summed E-state index contributed by atoms with van der Waals surface area (Å²) in [5.74, 6) is 1.09. The Morgan fingerprint density at radius 3 is 2.43 bits per heavy atom. The van der Waals surface area contributed by atoms with Gasteiger partial charge in [0.25, 0.3) is 0 Å². The zero-order valence-electron chi connectivity index (χ0n) is 18.4. The first-order valence-electron chi connectivity index (χ1n) is 11.7. The van der Waals surface area contributed by atoms with Crippen molar-refractivity contribution in [3.8, 4) is 5.75 Å². The molecule has 0 bridgehead atoms. The van der Waals surface area contributed by atoms with Crippen molar-refractivity contribution in [3.63, 3.8) is 0 Å². The van der Waals surface area contributed by atoms with E-state index in [4.69, 9.17) is 4.74 Å². The van der Waals surface area contributed by atoms with E-state index in [0.717, 1.165) is 44.1 Å². The molecule has 1 aliphatic heterocycles. The van der Waals surface area contributed by atoms with Crippen LogP contribution in [-0.2, 0) is 11.3 Å². The van der Waals surface area contributed by atoms with Crippen molar-refractivity contribution < 1.29 is 14.6 Å². The van der Waals surface area contributed by atoms with Gasteiger partial charge in [0.15, 0.2) is 0 Å². The minimum Gasteiger partial charge on any atom is -0.490 e. The number of hydrogen-bond donors (Lipinski definition) is 1. The maximum absolute atomic E-state index is 11.2. The Morgan fingerprint density at radius 1 is 1.07 bits per heavy atom. The van der Waals surface area contributed by atoms with E-state index in [0.29, 0.717) is 6.10 Å². The summed E-state index contributed by atoms with van der Waals surface area (Å²) in [4.78, 5) is 13.6. The number of fused-ring (bicyclic) bond motifs is 1. The highest BCUT2D eigenvalue weighted by Gasteiger charge is 2.25. The molecule has 0 radical (unpaired) electrons. The Balaban J connectivity index is 1.44. The van der Waals surface area contributed by atoms with Gasteiger partial charge in [0.05, 0.1) is 12.0 Å². The van der Waals surface area contributed by atoms with Gasteiger partial charge in [-0.3, -0.25) is 9.69 Å². The third-order valence-corrected chi connectivity index (χ3v) is 7.31. The molecule has 4 heteroatoms. The van der Waals surface area contributed by atoms with Crippen LogP contribution in [0.2, 0.25) is 0 Å². The van der Waals surface area contributed by atoms with Gasteiger partial charge in [-0.25, -0.2) is 0 Å². The van der Waals surface area contributed by atoms with Crippen molar-refractivity contribution >= 4 is 16.7 Å². The molecule has 1 aliphatic carbocycles. The second-order valence-corrected chi connectivity index (χ2v) is 9.30. The van der Waals surface area contributed by atoms with E-state index >= 15 is 0 Å². The highest BCUT2D eigenvalue weighted by Crippen LogP contribution is 2.33. The predicted octanol–water partition coefficient (Wildman–Crippen LogP) is 5.79. The second-order valence-electron chi connectivity index (χ2n) is 9.30. The predicted molar refractivity (Wildman–Crippen MR) is 121 cm³/mol. The Labute approximate surface area is 180 Å².